The zero-order chi connectivity index (χ0) is 12.4. The normalized spacial score (nSPS) is 18.9. The summed E-state index contributed by atoms with van der Waals surface area (Å²) < 4.78 is 0. The average Bonchev–Trinajstić information content (AvgIpc) is 2.96. The molecule has 1 N–H and O–H groups in total. The maximum absolute atomic E-state index is 4.45. The number of rotatable bonds is 3. The molecule has 18 heavy (non-hydrogen) atoms. The number of guanidine groups is 1. The molecule has 3 nitrogen and oxygen atoms in total. The lowest BCUT2D eigenvalue weighted by Crippen LogP contribution is -2.36. The highest BCUT2D eigenvalue weighted by Gasteiger charge is 2.20. The van der Waals surface area contributed by atoms with E-state index in [2.05, 4.69) is 46.5 Å². The summed E-state index contributed by atoms with van der Waals surface area (Å²) >= 11 is 0. The molecule has 0 saturated carbocycles. The summed E-state index contributed by atoms with van der Waals surface area (Å²) in [6, 6.07) is 8.86. The van der Waals surface area contributed by atoms with E-state index in [9.17, 15) is 0 Å². The van der Waals surface area contributed by atoms with Gasteiger partial charge in [0.1, 0.15) is 0 Å². The van der Waals surface area contributed by atoms with Crippen LogP contribution >= 0.6 is 0 Å². The fourth-order valence-electron chi connectivity index (χ4n) is 2.97. The first-order valence-corrected chi connectivity index (χ1v) is 6.89. The van der Waals surface area contributed by atoms with Crippen LogP contribution in [0.3, 0.4) is 0 Å². The van der Waals surface area contributed by atoms with Gasteiger partial charge in [-0.05, 0) is 36.3 Å². The van der Waals surface area contributed by atoms with Gasteiger partial charge in [0.25, 0.3) is 0 Å². The van der Waals surface area contributed by atoms with Crippen LogP contribution in [0, 0.1) is 5.92 Å². The van der Waals surface area contributed by atoms with Crippen molar-refractivity contribution in [3.63, 3.8) is 0 Å². The number of hydrogen-bond donors (Lipinski definition) is 1. The Morgan fingerprint density at radius 3 is 2.61 bits per heavy atom. The smallest absolute Gasteiger partial charge is 0.193 e. The summed E-state index contributed by atoms with van der Waals surface area (Å²) in [5.74, 6) is 1.88. The van der Waals surface area contributed by atoms with Crippen molar-refractivity contribution in [3.05, 3.63) is 35.4 Å². The number of aliphatic imine (C=N–C) groups is 1. The molecule has 0 saturated heterocycles. The van der Waals surface area contributed by atoms with Gasteiger partial charge in [-0.1, -0.05) is 24.3 Å². The Hall–Kier alpha value is -1.51. The van der Waals surface area contributed by atoms with Gasteiger partial charge in [0, 0.05) is 20.1 Å². The fourth-order valence-corrected chi connectivity index (χ4v) is 2.97. The molecule has 0 fully saturated rings. The van der Waals surface area contributed by atoms with Crippen LogP contribution in [-0.4, -0.2) is 37.5 Å². The van der Waals surface area contributed by atoms with Crippen molar-refractivity contribution in [2.45, 2.75) is 19.3 Å². The molecule has 0 unspecified atom stereocenters. The van der Waals surface area contributed by atoms with Crippen LogP contribution in [0.25, 0.3) is 0 Å². The third-order valence-corrected chi connectivity index (χ3v) is 4.03. The van der Waals surface area contributed by atoms with E-state index in [4.69, 9.17) is 0 Å². The first-order valence-electron chi connectivity index (χ1n) is 6.89. The average molecular weight is 243 g/mol. The van der Waals surface area contributed by atoms with E-state index in [0.717, 1.165) is 31.5 Å². The highest BCUT2D eigenvalue weighted by atomic mass is 15.3. The molecule has 3 heteroatoms. The minimum atomic E-state index is 0.808. The van der Waals surface area contributed by atoms with Crippen LogP contribution < -0.4 is 5.32 Å². The molecule has 1 aliphatic carbocycles. The fraction of sp³-hybridized carbons (Fsp3) is 0.533. The Morgan fingerprint density at radius 1 is 1.28 bits per heavy atom. The largest absolute Gasteiger partial charge is 0.356 e. The molecule has 3 rings (SSSR count). The van der Waals surface area contributed by atoms with Crippen LogP contribution in [0.2, 0.25) is 0 Å². The molecular weight excluding hydrogens is 222 g/mol. The van der Waals surface area contributed by atoms with Crippen LogP contribution in [0.4, 0.5) is 0 Å². The molecule has 96 valence electrons. The molecule has 1 aliphatic heterocycles. The lowest BCUT2D eigenvalue weighted by Gasteiger charge is -2.16. The van der Waals surface area contributed by atoms with Gasteiger partial charge in [0.05, 0.1) is 6.54 Å². The van der Waals surface area contributed by atoms with Gasteiger partial charge in [0.2, 0.25) is 0 Å². The second kappa shape index (κ2) is 5.01. The lowest BCUT2D eigenvalue weighted by atomic mass is 10.0. The topological polar surface area (TPSA) is 27.6 Å². The summed E-state index contributed by atoms with van der Waals surface area (Å²) in [7, 11) is 2.10. The molecule has 0 bridgehead atoms. The van der Waals surface area contributed by atoms with Crippen molar-refractivity contribution in [2.75, 3.05) is 26.7 Å². The SMILES string of the molecule is CN1CCN=C1NCCC1Cc2ccccc2C1. The summed E-state index contributed by atoms with van der Waals surface area (Å²) in [6.07, 6.45) is 3.74. The van der Waals surface area contributed by atoms with Crippen molar-refractivity contribution in [2.24, 2.45) is 10.9 Å². The van der Waals surface area contributed by atoms with E-state index in [1.165, 1.54) is 19.3 Å². The zero-order valence-electron chi connectivity index (χ0n) is 11.0. The van der Waals surface area contributed by atoms with E-state index < -0.39 is 0 Å². The molecule has 0 aromatic heterocycles. The number of likely N-dealkylation sites (N-methyl/N-ethyl adjacent to an activating group) is 1. The van der Waals surface area contributed by atoms with Gasteiger partial charge in [-0.15, -0.1) is 0 Å². The van der Waals surface area contributed by atoms with E-state index in [0.29, 0.717) is 0 Å². The molecule has 1 heterocycles. The van der Waals surface area contributed by atoms with Gasteiger partial charge in [0.15, 0.2) is 5.96 Å². The molecule has 2 aliphatic rings. The Bertz CT molecular complexity index is 428. The van der Waals surface area contributed by atoms with E-state index in [1.54, 1.807) is 11.1 Å². The maximum atomic E-state index is 4.45. The summed E-state index contributed by atoms with van der Waals surface area (Å²) in [5.41, 5.74) is 3.11. The number of nitrogens with zero attached hydrogens (tertiary/aromatic N) is 2. The Kier molecular flexibility index (Phi) is 3.22. The zero-order valence-corrected chi connectivity index (χ0v) is 11.0. The van der Waals surface area contributed by atoms with Gasteiger partial charge < -0.3 is 10.2 Å². The van der Waals surface area contributed by atoms with Crippen LogP contribution in [0.5, 0.6) is 0 Å². The first kappa shape index (κ1) is 11.6. The second-order valence-corrected chi connectivity index (χ2v) is 5.39. The summed E-state index contributed by atoms with van der Waals surface area (Å²) in [6.45, 7) is 3.03. The van der Waals surface area contributed by atoms with E-state index >= 15 is 0 Å². The molecule has 0 atom stereocenters. The van der Waals surface area contributed by atoms with Crippen molar-refractivity contribution in [1.29, 1.82) is 0 Å². The predicted octanol–water partition coefficient (Wildman–Crippen LogP) is 1.68. The third kappa shape index (κ3) is 2.35. The van der Waals surface area contributed by atoms with Crippen LogP contribution in [-0.2, 0) is 12.8 Å². The van der Waals surface area contributed by atoms with Gasteiger partial charge in [-0.25, -0.2) is 0 Å². The first-order chi connectivity index (χ1) is 8.83. The van der Waals surface area contributed by atoms with Crippen molar-refractivity contribution in [3.8, 4) is 0 Å². The second-order valence-electron chi connectivity index (χ2n) is 5.39. The molecular formula is C15H21N3. The number of benzene rings is 1. The highest BCUT2D eigenvalue weighted by Crippen LogP contribution is 2.28. The summed E-state index contributed by atoms with van der Waals surface area (Å²) in [4.78, 5) is 6.65. The highest BCUT2D eigenvalue weighted by molar-refractivity contribution is 5.81. The van der Waals surface area contributed by atoms with Crippen LogP contribution in [0.1, 0.15) is 17.5 Å². The van der Waals surface area contributed by atoms with E-state index in [1.807, 2.05) is 0 Å². The van der Waals surface area contributed by atoms with Gasteiger partial charge in [-0.2, -0.15) is 0 Å². The number of fused-ring (bicyclic) bond motifs is 1. The lowest BCUT2D eigenvalue weighted by molar-refractivity contribution is 0.490. The monoisotopic (exact) mass is 243 g/mol. The van der Waals surface area contributed by atoms with E-state index in [-0.39, 0.29) is 0 Å². The summed E-state index contributed by atoms with van der Waals surface area (Å²) in [5, 5.41) is 3.46. The van der Waals surface area contributed by atoms with Gasteiger partial charge >= 0.3 is 0 Å². The molecule has 1 aromatic rings. The molecule has 1 aromatic carbocycles. The molecule has 0 spiro atoms. The van der Waals surface area contributed by atoms with Crippen molar-refractivity contribution < 1.29 is 0 Å². The quantitative estimate of drug-likeness (QED) is 0.874. The maximum Gasteiger partial charge on any atom is 0.193 e. The Morgan fingerprint density at radius 2 is 2.00 bits per heavy atom. The van der Waals surface area contributed by atoms with Gasteiger partial charge in [-0.3, -0.25) is 4.99 Å². The standard InChI is InChI=1S/C15H21N3/c1-18-9-8-17-15(18)16-7-6-12-10-13-4-2-3-5-14(13)11-12/h2-5,12H,6-11H2,1H3,(H,16,17). The minimum absolute atomic E-state index is 0.808. The molecule has 0 radical (unpaired) electrons. The number of hydrogen-bond acceptors (Lipinski definition) is 3. The van der Waals surface area contributed by atoms with Crippen LogP contribution in [0.15, 0.2) is 29.3 Å². The van der Waals surface area contributed by atoms with Crippen molar-refractivity contribution >= 4 is 5.96 Å². The van der Waals surface area contributed by atoms with Crippen molar-refractivity contribution in [1.82, 2.24) is 10.2 Å². The Balaban J connectivity index is 1.46. The predicted molar refractivity (Wildman–Crippen MR) is 74.9 cm³/mol. The number of nitrogens with one attached hydrogen (secondary N) is 1. The third-order valence-electron chi connectivity index (χ3n) is 4.03. The Labute approximate surface area is 109 Å². The minimum Gasteiger partial charge on any atom is -0.356 e. The molecule has 0 amide bonds.